The van der Waals surface area contributed by atoms with Gasteiger partial charge in [0.1, 0.15) is 0 Å². The minimum atomic E-state index is 0.131. The number of para-hydroxylation sites is 3. The highest BCUT2D eigenvalue weighted by Gasteiger charge is 2.42. The van der Waals surface area contributed by atoms with Crippen LogP contribution in [0, 0.1) is 0 Å². The second-order valence-corrected chi connectivity index (χ2v) is 10.2. The van der Waals surface area contributed by atoms with Crippen molar-refractivity contribution in [2.75, 3.05) is 9.80 Å². The van der Waals surface area contributed by atoms with Crippen LogP contribution in [-0.4, -0.2) is 6.71 Å². The monoisotopic (exact) mass is 496 g/mol. The zero-order chi connectivity index (χ0) is 25.8. The first-order valence-electron chi connectivity index (χ1n) is 13.5. The van der Waals surface area contributed by atoms with Crippen LogP contribution in [0.2, 0.25) is 0 Å². The third-order valence-corrected chi connectivity index (χ3v) is 8.03. The summed E-state index contributed by atoms with van der Waals surface area (Å²) in [6.07, 6.45) is 0. The molecule has 0 atom stereocenters. The molecule has 0 fully saturated rings. The third-order valence-electron chi connectivity index (χ3n) is 8.03. The Labute approximate surface area is 229 Å². The molecule has 0 aliphatic carbocycles. The Morgan fingerprint density at radius 2 is 0.872 bits per heavy atom. The van der Waals surface area contributed by atoms with E-state index in [4.69, 9.17) is 0 Å². The molecule has 6 aromatic rings. The molecule has 0 bridgehead atoms. The van der Waals surface area contributed by atoms with E-state index in [-0.39, 0.29) is 6.71 Å². The molecule has 2 heterocycles. The molecule has 2 nitrogen and oxygen atoms in total. The minimum absolute atomic E-state index is 0.131. The number of fused-ring (bicyclic) bond motifs is 4. The van der Waals surface area contributed by atoms with Crippen molar-refractivity contribution >= 4 is 57.2 Å². The Balaban J connectivity index is 1.45. The first-order valence-corrected chi connectivity index (χ1v) is 13.5. The van der Waals surface area contributed by atoms with Gasteiger partial charge in [-0.3, -0.25) is 0 Å². The average molecular weight is 496 g/mol. The number of anilines is 6. The molecule has 8 rings (SSSR count). The van der Waals surface area contributed by atoms with Crippen molar-refractivity contribution in [3.05, 3.63) is 152 Å². The summed E-state index contributed by atoms with van der Waals surface area (Å²) in [6.45, 7) is 0.131. The van der Waals surface area contributed by atoms with Gasteiger partial charge >= 0.3 is 0 Å². The lowest BCUT2D eigenvalue weighted by atomic mass is 9.33. The zero-order valence-corrected chi connectivity index (χ0v) is 21.4. The predicted molar refractivity (Wildman–Crippen MR) is 166 cm³/mol. The maximum atomic E-state index is 2.44. The standard InChI is InChI=1S/C36H25BN2/c1-4-13-26(14-5-1)27-23-24-33-31(25-27)37-30-19-10-11-20-32(30)38(28-15-6-2-7-16-28)34-21-12-22-35(36(34)37)39(33)29-17-8-3-9-18-29/h1-25H. The van der Waals surface area contributed by atoms with Gasteiger partial charge in [-0.15, -0.1) is 0 Å². The fourth-order valence-corrected chi connectivity index (χ4v) is 6.41. The van der Waals surface area contributed by atoms with Crippen LogP contribution in [0.1, 0.15) is 0 Å². The number of benzene rings is 6. The number of hydrogen-bond acceptors (Lipinski definition) is 2. The van der Waals surface area contributed by atoms with E-state index in [0.29, 0.717) is 0 Å². The third kappa shape index (κ3) is 3.37. The van der Waals surface area contributed by atoms with Crippen molar-refractivity contribution in [1.29, 1.82) is 0 Å². The van der Waals surface area contributed by atoms with Crippen molar-refractivity contribution in [3.8, 4) is 11.1 Å². The van der Waals surface area contributed by atoms with E-state index in [2.05, 4.69) is 161 Å². The summed E-state index contributed by atoms with van der Waals surface area (Å²) in [7, 11) is 0. The van der Waals surface area contributed by atoms with Gasteiger partial charge in [0.2, 0.25) is 0 Å². The molecule has 2 aliphatic heterocycles. The Morgan fingerprint density at radius 1 is 0.359 bits per heavy atom. The largest absolute Gasteiger partial charge is 0.311 e. The van der Waals surface area contributed by atoms with Gasteiger partial charge in [0.15, 0.2) is 0 Å². The second-order valence-electron chi connectivity index (χ2n) is 10.2. The van der Waals surface area contributed by atoms with Gasteiger partial charge in [-0.25, -0.2) is 0 Å². The highest BCUT2D eigenvalue weighted by Crippen LogP contribution is 2.43. The van der Waals surface area contributed by atoms with Gasteiger partial charge in [-0.2, -0.15) is 0 Å². The molecule has 3 heteroatoms. The Morgan fingerprint density at radius 3 is 1.51 bits per heavy atom. The van der Waals surface area contributed by atoms with Crippen molar-refractivity contribution in [2.45, 2.75) is 0 Å². The topological polar surface area (TPSA) is 6.48 Å². The van der Waals surface area contributed by atoms with Crippen LogP contribution in [0.15, 0.2) is 152 Å². The SMILES string of the molecule is c1ccc(-c2ccc3c(c2)B2c4ccccc4N(c4ccccc4)c4cccc(c42)N3c2ccccc2)cc1. The first kappa shape index (κ1) is 22.0. The fraction of sp³-hybridized carbons (Fsp3) is 0. The lowest BCUT2D eigenvalue weighted by Gasteiger charge is -2.44. The minimum Gasteiger partial charge on any atom is -0.311 e. The van der Waals surface area contributed by atoms with Crippen molar-refractivity contribution in [1.82, 2.24) is 0 Å². The molecule has 39 heavy (non-hydrogen) atoms. The molecule has 0 radical (unpaired) electrons. The van der Waals surface area contributed by atoms with Gasteiger partial charge in [0, 0.05) is 34.1 Å². The highest BCUT2D eigenvalue weighted by molar-refractivity contribution is 7.00. The second kappa shape index (κ2) is 8.78. The van der Waals surface area contributed by atoms with Gasteiger partial charge in [0.25, 0.3) is 6.71 Å². The van der Waals surface area contributed by atoms with Crippen molar-refractivity contribution in [2.24, 2.45) is 0 Å². The van der Waals surface area contributed by atoms with Crippen LogP contribution in [0.5, 0.6) is 0 Å². The summed E-state index contributed by atoms with van der Waals surface area (Å²) in [5, 5.41) is 0. The van der Waals surface area contributed by atoms with E-state index in [1.165, 1.54) is 61.6 Å². The summed E-state index contributed by atoms with van der Waals surface area (Å²) in [6, 6.07) is 54.9. The molecule has 0 amide bonds. The van der Waals surface area contributed by atoms with Crippen LogP contribution in [0.4, 0.5) is 34.1 Å². The van der Waals surface area contributed by atoms with Crippen molar-refractivity contribution in [3.63, 3.8) is 0 Å². The van der Waals surface area contributed by atoms with E-state index < -0.39 is 0 Å². The lowest BCUT2D eigenvalue weighted by Crippen LogP contribution is -2.61. The average Bonchev–Trinajstić information content (AvgIpc) is 3.02. The Bertz CT molecular complexity index is 1800. The summed E-state index contributed by atoms with van der Waals surface area (Å²) < 4.78 is 0. The molecule has 0 spiro atoms. The lowest BCUT2D eigenvalue weighted by molar-refractivity contribution is 1.25. The van der Waals surface area contributed by atoms with E-state index >= 15 is 0 Å². The van der Waals surface area contributed by atoms with Crippen molar-refractivity contribution < 1.29 is 0 Å². The van der Waals surface area contributed by atoms with Crippen LogP contribution >= 0.6 is 0 Å². The number of rotatable bonds is 3. The molecular formula is C36H25BN2. The maximum Gasteiger partial charge on any atom is 0.252 e. The van der Waals surface area contributed by atoms with Gasteiger partial charge in [-0.05, 0) is 76.0 Å². The molecule has 0 unspecified atom stereocenters. The molecule has 0 aromatic heterocycles. The summed E-state index contributed by atoms with van der Waals surface area (Å²) in [5.74, 6) is 0. The quantitative estimate of drug-likeness (QED) is 0.235. The van der Waals surface area contributed by atoms with Crippen LogP contribution in [0.3, 0.4) is 0 Å². The summed E-state index contributed by atoms with van der Waals surface area (Å²) in [4.78, 5) is 4.87. The molecule has 0 N–H and O–H groups in total. The molecule has 0 saturated heterocycles. The first-order chi connectivity index (χ1) is 19.4. The van der Waals surface area contributed by atoms with Gasteiger partial charge in [0.05, 0.1) is 0 Å². The van der Waals surface area contributed by atoms with E-state index in [0.717, 1.165) is 0 Å². The fourth-order valence-electron chi connectivity index (χ4n) is 6.41. The highest BCUT2D eigenvalue weighted by atomic mass is 15.2. The molecular weight excluding hydrogens is 471 g/mol. The Kier molecular flexibility index (Phi) is 4.96. The van der Waals surface area contributed by atoms with E-state index in [1.807, 2.05) is 0 Å². The van der Waals surface area contributed by atoms with Gasteiger partial charge in [-0.1, -0.05) is 103 Å². The number of nitrogens with zero attached hydrogens (tertiary/aromatic N) is 2. The summed E-state index contributed by atoms with van der Waals surface area (Å²) >= 11 is 0. The van der Waals surface area contributed by atoms with E-state index in [9.17, 15) is 0 Å². The van der Waals surface area contributed by atoms with Gasteiger partial charge < -0.3 is 9.80 Å². The normalized spacial score (nSPS) is 13.0. The zero-order valence-electron chi connectivity index (χ0n) is 21.4. The maximum absolute atomic E-state index is 2.44. The van der Waals surface area contributed by atoms with Crippen LogP contribution < -0.4 is 26.2 Å². The number of hydrogen-bond donors (Lipinski definition) is 0. The van der Waals surface area contributed by atoms with Crippen LogP contribution in [0.25, 0.3) is 11.1 Å². The molecule has 6 aromatic carbocycles. The Hall–Kier alpha value is -5.02. The summed E-state index contributed by atoms with van der Waals surface area (Å²) in [5.41, 5.74) is 13.8. The molecule has 0 saturated carbocycles. The van der Waals surface area contributed by atoms with E-state index in [1.54, 1.807) is 0 Å². The predicted octanol–water partition coefficient (Wildman–Crippen LogP) is 7.44. The molecule has 182 valence electrons. The molecule has 2 aliphatic rings. The van der Waals surface area contributed by atoms with Crippen LogP contribution in [-0.2, 0) is 0 Å². The smallest absolute Gasteiger partial charge is 0.252 e.